The maximum Gasteiger partial charge on any atom is 0.250 e. The first-order chi connectivity index (χ1) is 10.2. The molecule has 4 heteroatoms. The highest BCUT2D eigenvalue weighted by molar-refractivity contribution is 5.91. The van der Waals surface area contributed by atoms with E-state index in [0.717, 1.165) is 12.8 Å². The first-order valence-electron chi connectivity index (χ1n) is 7.64. The van der Waals surface area contributed by atoms with Crippen molar-refractivity contribution in [3.63, 3.8) is 0 Å². The quantitative estimate of drug-likeness (QED) is 0.901. The Hall–Kier alpha value is -1.86. The summed E-state index contributed by atoms with van der Waals surface area (Å²) < 4.78 is 5.80. The van der Waals surface area contributed by atoms with Crippen molar-refractivity contribution in [2.75, 3.05) is 11.9 Å². The summed E-state index contributed by atoms with van der Waals surface area (Å²) in [6, 6.07) is 8.95. The van der Waals surface area contributed by atoms with E-state index in [-0.39, 0.29) is 18.6 Å². The number of anilines is 1. The van der Waals surface area contributed by atoms with Gasteiger partial charge < -0.3 is 10.1 Å². The minimum absolute atomic E-state index is 0.0813. The van der Waals surface area contributed by atoms with Gasteiger partial charge in [-0.1, -0.05) is 32.3 Å². The van der Waals surface area contributed by atoms with Gasteiger partial charge in [0.25, 0.3) is 0 Å². The summed E-state index contributed by atoms with van der Waals surface area (Å²) in [7, 11) is 0. The van der Waals surface area contributed by atoms with Crippen LogP contribution in [0.5, 0.6) is 0 Å². The Balaban J connectivity index is 1.83. The van der Waals surface area contributed by atoms with E-state index in [1.165, 1.54) is 19.3 Å². The lowest BCUT2D eigenvalue weighted by atomic mass is 9.85. The second kappa shape index (κ2) is 7.80. The maximum atomic E-state index is 11.9. The Morgan fingerprint density at radius 3 is 3.00 bits per heavy atom. The van der Waals surface area contributed by atoms with E-state index in [9.17, 15) is 4.79 Å². The van der Waals surface area contributed by atoms with E-state index in [1.54, 1.807) is 24.3 Å². The molecule has 4 nitrogen and oxygen atoms in total. The number of hydrogen-bond acceptors (Lipinski definition) is 3. The summed E-state index contributed by atoms with van der Waals surface area (Å²) in [5.74, 6) is 0.416. The molecule has 0 spiro atoms. The zero-order valence-corrected chi connectivity index (χ0v) is 12.5. The van der Waals surface area contributed by atoms with Gasteiger partial charge in [-0.25, -0.2) is 0 Å². The Morgan fingerprint density at radius 1 is 1.43 bits per heavy atom. The molecule has 1 aromatic carbocycles. The minimum Gasteiger partial charge on any atom is -0.368 e. The van der Waals surface area contributed by atoms with Crippen LogP contribution in [-0.4, -0.2) is 18.6 Å². The van der Waals surface area contributed by atoms with Crippen LogP contribution in [-0.2, 0) is 9.53 Å². The molecule has 0 saturated heterocycles. The number of nitriles is 1. The van der Waals surface area contributed by atoms with Gasteiger partial charge in [-0.2, -0.15) is 5.26 Å². The SMILES string of the molecule is CCC1CCCCC1OCC(=O)Nc1cccc(C#N)c1. The first-order valence-corrected chi connectivity index (χ1v) is 7.64. The van der Waals surface area contributed by atoms with E-state index in [2.05, 4.69) is 18.3 Å². The van der Waals surface area contributed by atoms with E-state index >= 15 is 0 Å². The fourth-order valence-electron chi connectivity index (χ4n) is 2.91. The number of ether oxygens (including phenoxy) is 1. The number of amides is 1. The van der Waals surface area contributed by atoms with Crippen LogP contribution in [0.25, 0.3) is 0 Å². The molecule has 1 saturated carbocycles. The van der Waals surface area contributed by atoms with Crippen LogP contribution in [0.4, 0.5) is 5.69 Å². The summed E-state index contributed by atoms with van der Waals surface area (Å²) in [6.07, 6.45) is 6.03. The third-order valence-electron chi connectivity index (χ3n) is 4.07. The maximum absolute atomic E-state index is 11.9. The van der Waals surface area contributed by atoms with Crippen molar-refractivity contribution in [1.29, 1.82) is 5.26 Å². The molecule has 2 atom stereocenters. The zero-order chi connectivity index (χ0) is 15.1. The average Bonchev–Trinajstić information content (AvgIpc) is 2.53. The van der Waals surface area contributed by atoms with Crippen LogP contribution in [0.1, 0.15) is 44.6 Å². The predicted molar refractivity (Wildman–Crippen MR) is 81.8 cm³/mol. The lowest BCUT2D eigenvalue weighted by Gasteiger charge is -2.30. The van der Waals surface area contributed by atoms with Gasteiger partial charge in [0.1, 0.15) is 6.61 Å². The highest BCUT2D eigenvalue weighted by Crippen LogP contribution is 2.29. The molecule has 21 heavy (non-hydrogen) atoms. The largest absolute Gasteiger partial charge is 0.368 e. The number of carbonyl (C=O) groups excluding carboxylic acids is 1. The minimum atomic E-state index is -0.162. The van der Waals surface area contributed by atoms with Crippen LogP contribution in [0.15, 0.2) is 24.3 Å². The smallest absolute Gasteiger partial charge is 0.250 e. The van der Waals surface area contributed by atoms with Crippen LogP contribution < -0.4 is 5.32 Å². The molecule has 0 aromatic heterocycles. The highest BCUT2D eigenvalue weighted by atomic mass is 16.5. The number of hydrogen-bond donors (Lipinski definition) is 1. The number of nitrogens with one attached hydrogen (secondary N) is 1. The number of benzene rings is 1. The summed E-state index contributed by atoms with van der Waals surface area (Å²) in [5, 5.41) is 11.6. The molecule has 2 rings (SSSR count). The fraction of sp³-hybridized carbons (Fsp3) is 0.529. The molecular formula is C17H22N2O2. The topological polar surface area (TPSA) is 62.1 Å². The van der Waals surface area contributed by atoms with Gasteiger partial charge >= 0.3 is 0 Å². The van der Waals surface area contributed by atoms with Crippen molar-refractivity contribution < 1.29 is 9.53 Å². The predicted octanol–water partition coefficient (Wildman–Crippen LogP) is 3.48. The fourth-order valence-corrected chi connectivity index (χ4v) is 2.91. The van der Waals surface area contributed by atoms with Crippen molar-refractivity contribution in [1.82, 2.24) is 0 Å². The van der Waals surface area contributed by atoms with Gasteiger partial charge in [0, 0.05) is 5.69 Å². The van der Waals surface area contributed by atoms with Gasteiger partial charge in [0.15, 0.2) is 0 Å². The summed E-state index contributed by atoms with van der Waals surface area (Å²) in [4.78, 5) is 11.9. The average molecular weight is 286 g/mol. The number of carbonyl (C=O) groups is 1. The molecule has 0 heterocycles. The lowest BCUT2D eigenvalue weighted by Crippen LogP contribution is -2.31. The highest BCUT2D eigenvalue weighted by Gasteiger charge is 2.24. The van der Waals surface area contributed by atoms with E-state index in [0.29, 0.717) is 17.2 Å². The van der Waals surface area contributed by atoms with Gasteiger partial charge in [-0.05, 0) is 37.0 Å². The van der Waals surface area contributed by atoms with Crippen LogP contribution in [0.3, 0.4) is 0 Å². The van der Waals surface area contributed by atoms with Crippen molar-refractivity contribution >= 4 is 11.6 Å². The molecule has 1 fully saturated rings. The second-order valence-corrected chi connectivity index (χ2v) is 5.54. The standard InChI is InChI=1S/C17H22N2O2/c1-2-14-7-3-4-9-16(14)21-12-17(20)19-15-8-5-6-13(10-15)11-18/h5-6,8,10,14,16H,2-4,7,9,12H2,1H3,(H,19,20). The monoisotopic (exact) mass is 286 g/mol. The van der Waals surface area contributed by atoms with Crippen LogP contribution in [0.2, 0.25) is 0 Å². The molecule has 0 radical (unpaired) electrons. The van der Waals surface area contributed by atoms with Gasteiger partial charge in [-0.15, -0.1) is 0 Å². The van der Waals surface area contributed by atoms with Crippen LogP contribution >= 0.6 is 0 Å². The van der Waals surface area contributed by atoms with Crippen molar-refractivity contribution in [3.05, 3.63) is 29.8 Å². The number of rotatable bonds is 5. The molecule has 0 aliphatic heterocycles. The second-order valence-electron chi connectivity index (χ2n) is 5.54. The molecule has 2 unspecified atom stereocenters. The Labute approximate surface area is 126 Å². The van der Waals surface area contributed by atoms with Crippen molar-refractivity contribution in [3.8, 4) is 6.07 Å². The van der Waals surface area contributed by atoms with Gasteiger partial charge in [-0.3, -0.25) is 4.79 Å². The third-order valence-corrected chi connectivity index (χ3v) is 4.07. The molecule has 1 aliphatic carbocycles. The van der Waals surface area contributed by atoms with E-state index in [4.69, 9.17) is 10.00 Å². The van der Waals surface area contributed by atoms with Crippen molar-refractivity contribution in [2.24, 2.45) is 5.92 Å². The molecular weight excluding hydrogens is 264 g/mol. The zero-order valence-electron chi connectivity index (χ0n) is 12.5. The normalized spacial score (nSPS) is 21.5. The molecule has 1 amide bonds. The molecule has 1 aliphatic rings. The molecule has 112 valence electrons. The lowest BCUT2D eigenvalue weighted by molar-refractivity contribution is -0.124. The Bertz CT molecular complexity index is 522. The number of nitrogens with zero attached hydrogens (tertiary/aromatic N) is 1. The molecule has 1 N–H and O–H groups in total. The van der Waals surface area contributed by atoms with Crippen molar-refractivity contribution in [2.45, 2.75) is 45.1 Å². The summed E-state index contributed by atoms with van der Waals surface area (Å²) >= 11 is 0. The Morgan fingerprint density at radius 2 is 2.24 bits per heavy atom. The van der Waals surface area contributed by atoms with E-state index in [1.807, 2.05) is 0 Å². The first kappa shape index (κ1) is 15.5. The van der Waals surface area contributed by atoms with Crippen LogP contribution in [0, 0.1) is 17.2 Å². The van der Waals surface area contributed by atoms with Gasteiger partial charge in [0.05, 0.1) is 17.7 Å². The van der Waals surface area contributed by atoms with Gasteiger partial charge in [0.2, 0.25) is 5.91 Å². The molecule has 0 bridgehead atoms. The molecule has 1 aromatic rings. The third kappa shape index (κ3) is 4.57. The Kier molecular flexibility index (Phi) is 5.77. The summed E-state index contributed by atoms with van der Waals surface area (Å²) in [5.41, 5.74) is 1.17. The van der Waals surface area contributed by atoms with E-state index < -0.39 is 0 Å². The summed E-state index contributed by atoms with van der Waals surface area (Å²) in [6.45, 7) is 2.26.